The molecule has 0 unspecified atom stereocenters. The lowest BCUT2D eigenvalue weighted by molar-refractivity contribution is -0.119. The Morgan fingerprint density at radius 1 is 1.04 bits per heavy atom. The Balaban J connectivity index is 1.60. The van der Waals surface area contributed by atoms with Crippen molar-refractivity contribution in [1.29, 1.82) is 0 Å². The van der Waals surface area contributed by atoms with Crippen LogP contribution in [0.25, 0.3) is 10.8 Å². The second-order valence-electron chi connectivity index (χ2n) is 6.74. The van der Waals surface area contributed by atoms with Crippen molar-refractivity contribution in [3.05, 3.63) is 71.8 Å². The van der Waals surface area contributed by atoms with E-state index in [4.69, 9.17) is 4.74 Å². The summed E-state index contributed by atoms with van der Waals surface area (Å²) >= 11 is 0. The van der Waals surface area contributed by atoms with E-state index in [1.54, 1.807) is 18.2 Å². The molecule has 0 radical (unpaired) electrons. The van der Waals surface area contributed by atoms with Gasteiger partial charge < -0.3 is 15.2 Å². The third-order valence-electron chi connectivity index (χ3n) is 4.83. The van der Waals surface area contributed by atoms with Crippen LogP contribution in [-0.4, -0.2) is 23.6 Å². The maximum absolute atomic E-state index is 12.3. The molecule has 3 aromatic rings. The minimum Gasteiger partial charge on any atom is -0.506 e. The topological polar surface area (TPSA) is 75.6 Å². The number of hydrogen-bond donors (Lipinski definition) is 2. The fourth-order valence-electron chi connectivity index (χ4n) is 2.96. The van der Waals surface area contributed by atoms with E-state index in [-0.39, 0.29) is 11.3 Å². The smallest absolute Gasteiger partial charge is 0.342 e. The Morgan fingerprint density at radius 2 is 1.75 bits per heavy atom. The van der Waals surface area contributed by atoms with Crippen molar-refractivity contribution in [1.82, 2.24) is 0 Å². The van der Waals surface area contributed by atoms with Gasteiger partial charge >= 0.3 is 5.97 Å². The number of phenols is 1. The van der Waals surface area contributed by atoms with E-state index in [1.807, 2.05) is 36.4 Å². The first kappa shape index (κ1) is 19.4. The molecule has 1 amide bonds. The second kappa shape index (κ2) is 8.57. The van der Waals surface area contributed by atoms with Crippen molar-refractivity contribution in [3.63, 3.8) is 0 Å². The third-order valence-corrected chi connectivity index (χ3v) is 4.83. The number of aromatic hydroxyl groups is 1. The normalized spacial score (nSPS) is 11.8. The summed E-state index contributed by atoms with van der Waals surface area (Å²) in [5, 5.41) is 14.4. The van der Waals surface area contributed by atoms with Crippen molar-refractivity contribution >= 4 is 28.3 Å². The number of anilines is 1. The maximum Gasteiger partial charge on any atom is 0.342 e. The zero-order valence-corrected chi connectivity index (χ0v) is 15.9. The van der Waals surface area contributed by atoms with E-state index in [1.165, 1.54) is 11.6 Å². The molecule has 28 heavy (non-hydrogen) atoms. The number of esters is 1. The van der Waals surface area contributed by atoms with Crippen LogP contribution in [0.4, 0.5) is 5.69 Å². The zero-order valence-electron chi connectivity index (χ0n) is 15.9. The van der Waals surface area contributed by atoms with Crippen molar-refractivity contribution in [2.75, 3.05) is 11.9 Å². The molecular weight excluding hydrogens is 354 g/mol. The fraction of sp³-hybridized carbons (Fsp3) is 0.217. The van der Waals surface area contributed by atoms with Gasteiger partial charge in [0.2, 0.25) is 0 Å². The van der Waals surface area contributed by atoms with Crippen LogP contribution in [0, 0.1) is 0 Å². The molecule has 5 nitrogen and oxygen atoms in total. The first-order chi connectivity index (χ1) is 13.5. The summed E-state index contributed by atoms with van der Waals surface area (Å²) in [5.74, 6) is -0.875. The molecule has 0 aliphatic rings. The maximum atomic E-state index is 12.3. The van der Waals surface area contributed by atoms with Gasteiger partial charge in [-0.15, -0.1) is 0 Å². The Morgan fingerprint density at radius 3 is 2.46 bits per heavy atom. The highest BCUT2D eigenvalue weighted by Gasteiger charge is 2.16. The van der Waals surface area contributed by atoms with Crippen LogP contribution in [0.3, 0.4) is 0 Å². The van der Waals surface area contributed by atoms with Crippen molar-refractivity contribution in [3.8, 4) is 5.75 Å². The molecule has 0 aliphatic heterocycles. The standard InChI is InChI=1S/C23H23NO4/c1-3-15(2)16-8-11-18(12-9-16)24-21(25)14-28-23(27)20-13-10-17-6-4-5-7-19(17)22(20)26/h4-13,15,26H,3,14H2,1-2H3,(H,24,25)/t15-/m0/s1. The predicted molar refractivity (Wildman–Crippen MR) is 110 cm³/mol. The first-order valence-corrected chi connectivity index (χ1v) is 9.27. The Kier molecular flexibility index (Phi) is 5.94. The van der Waals surface area contributed by atoms with Gasteiger partial charge in [0.1, 0.15) is 11.3 Å². The summed E-state index contributed by atoms with van der Waals surface area (Å²) in [6.07, 6.45) is 1.04. The molecular formula is C23H23NO4. The van der Waals surface area contributed by atoms with Crippen LogP contribution in [0.15, 0.2) is 60.7 Å². The Labute approximate surface area is 164 Å². The first-order valence-electron chi connectivity index (χ1n) is 9.27. The number of carbonyl (C=O) groups is 2. The number of rotatable bonds is 6. The number of ether oxygens (including phenoxy) is 1. The van der Waals surface area contributed by atoms with Crippen LogP contribution < -0.4 is 5.32 Å². The minimum absolute atomic E-state index is 0.0319. The number of fused-ring (bicyclic) bond motifs is 1. The predicted octanol–water partition coefficient (Wildman–Crippen LogP) is 4.85. The lowest BCUT2D eigenvalue weighted by Gasteiger charge is -2.11. The van der Waals surface area contributed by atoms with E-state index in [2.05, 4.69) is 19.2 Å². The molecule has 0 aromatic heterocycles. The van der Waals surface area contributed by atoms with E-state index in [0.29, 0.717) is 17.0 Å². The van der Waals surface area contributed by atoms with E-state index < -0.39 is 18.5 Å². The van der Waals surface area contributed by atoms with E-state index >= 15 is 0 Å². The SMILES string of the molecule is CC[C@H](C)c1ccc(NC(=O)COC(=O)c2ccc3ccccc3c2O)cc1. The number of nitrogens with one attached hydrogen (secondary N) is 1. The van der Waals surface area contributed by atoms with E-state index in [9.17, 15) is 14.7 Å². The molecule has 0 saturated heterocycles. The van der Waals surface area contributed by atoms with Gasteiger partial charge in [0.25, 0.3) is 5.91 Å². The molecule has 5 heteroatoms. The van der Waals surface area contributed by atoms with Gasteiger partial charge in [-0.25, -0.2) is 4.79 Å². The molecule has 0 heterocycles. The number of carbonyl (C=O) groups excluding carboxylic acids is 2. The Bertz CT molecular complexity index is 995. The molecule has 2 N–H and O–H groups in total. The van der Waals surface area contributed by atoms with Gasteiger partial charge in [-0.1, -0.05) is 56.3 Å². The molecule has 3 aromatic carbocycles. The zero-order chi connectivity index (χ0) is 20.1. The van der Waals surface area contributed by atoms with Gasteiger partial charge in [-0.05, 0) is 41.5 Å². The monoisotopic (exact) mass is 377 g/mol. The highest BCUT2D eigenvalue weighted by atomic mass is 16.5. The van der Waals surface area contributed by atoms with Crippen LogP contribution in [0.2, 0.25) is 0 Å². The summed E-state index contributed by atoms with van der Waals surface area (Å²) in [6.45, 7) is 3.84. The molecule has 0 aliphatic carbocycles. The number of hydrogen-bond acceptors (Lipinski definition) is 4. The van der Waals surface area contributed by atoms with E-state index in [0.717, 1.165) is 11.8 Å². The van der Waals surface area contributed by atoms with Gasteiger partial charge in [0, 0.05) is 11.1 Å². The average Bonchev–Trinajstić information content (AvgIpc) is 2.72. The molecule has 144 valence electrons. The molecule has 3 rings (SSSR count). The molecule has 1 atom stereocenters. The van der Waals surface area contributed by atoms with Crippen LogP contribution in [0.1, 0.15) is 42.1 Å². The van der Waals surface area contributed by atoms with Gasteiger partial charge in [0.15, 0.2) is 6.61 Å². The number of benzene rings is 3. The lowest BCUT2D eigenvalue weighted by Crippen LogP contribution is -2.21. The van der Waals surface area contributed by atoms with Gasteiger partial charge in [0.05, 0.1) is 0 Å². The summed E-state index contributed by atoms with van der Waals surface area (Å²) in [6, 6.07) is 18.0. The van der Waals surface area contributed by atoms with Gasteiger partial charge in [-0.2, -0.15) is 0 Å². The highest BCUT2D eigenvalue weighted by molar-refractivity contribution is 6.02. The van der Waals surface area contributed by atoms with Crippen molar-refractivity contribution < 1.29 is 19.4 Å². The molecule has 0 saturated carbocycles. The number of amides is 1. The summed E-state index contributed by atoms with van der Waals surface area (Å²) in [5.41, 5.74) is 1.88. The quantitative estimate of drug-likeness (QED) is 0.602. The van der Waals surface area contributed by atoms with Crippen LogP contribution in [-0.2, 0) is 9.53 Å². The largest absolute Gasteiger partial charge is 0.506 e. The molecule has 0 bridgehead atoms. The minimum atomic E-state index is -0.745. The van der Waals surface area contributed by atoms with Crippen molar-refractivity contribution in [2.24, 2.45) is 0 Å². The molecule has 0 fully saturated rings. The van der Waals surface area contributed by atoms with Crippen molar-refractivity contribution in [2.45, 2.75) is 26.2 Å². The highest BCUT2D eigenvalue weighted by Crippen LogP contribution is 2.29. The van der Waals surface area contributed by atoms with Crippen LogP contribution in [0.5, 0.6) is 5.75 Å². The average molecular weight is 377 g/mol. The summed E-state index contributed by atoms with van der Waals surface area (Å²) in [7, 11) is 0. The summed E-state index contributed by atoms with van der Waals surface area (Å²) < 4.78 is 5.06. The van der Waals surface area contributed by atoms with Crippen LogP contribution >= 0.6 is 0 Å². The second-order valence-corrected chi connectivity index (χ2v) is 6.74. The number of phenolic OH excluding ortho intramolecular Hbond substituents is 1. The summed E-state index contributed by atoms with van der Waals surface area (Å²) in [4.78, 5) is 24.3. The molecule has 0 spiro atoms. The van der Waals surface area contributed by atoms with Gasteiger partial charge in [-0.3, -0.25) is 4.79 Å². The Hall–Kier alpha value is -3.34. The third kappa shape index (κ3) is 4.31. The fourth-order valence-corrected chi connectivity index (χ4v) is 2.96. The lowest BCUT2D eigenvalue weighted by atomic mass is 9.99.